The number of hydrogen-bond donors (Lipinski definition) is 2. The molecule has 2 N–H and O–H groups in total. The standard InChI is InChI=1S/C16H30N4O2/c1-5-9-13(7-3)11-17-19-15(21)16(22)20-18-12-14(8-4)10-6-2/h11-14H,5-10H2,1-4H3,(H,19,21)(H,20,22)/b17-11-,18-12+/t13-,14+/m0/s1. The van der Waals surface area contributed by atoms with E-state index in [0.29, 0.717) is 11.8 Å². The zero-order chi connectivity index (χ0) is 16.8. The Balaban J connectivity index is 4.19. The van der Waals surface area contributed by atoms with Gasteiger partial charge in [0.05, 0.1) is 0 Å². The quantitative estimate of drug-likeness (QED) is 0.369. The highest BCUT2D eigenvalue weighted by atomic mass is 16.2. The van der Waals surface area contributed by atoms with Crippen molar-refractivity contribution in [2.45, 2.75) is 66.2 Å². The summed E-state index contributed by atoms with van der Waals surface area (Å²) in [6.07, 6.45) is 9.44. The van der Waals surface area contributed by atoms with Gasteiger partial charge in [0.1, 0.15) is 0 Å². The van der Waals surface area contributed by atoms with Gasteiger partial charge in [-0.05, 0) is 37.5 Å². The third-order valence-electron chi connectivity index (χ3n) is 3.48. The molecule has 0 saturated carbocycles. The summed E-state index contributed by atoms with van der Waals surface area (Å²) in [5.41, 5.74) is 4.45. The highest BCUT2D eigenvalue weighted by Crippen LogP contribution is 2.07. The molecule has 0 heterocycles. The third-order valence-corrected chi connectivity index (χ3v) is 3.48. The molecule has 0 bridgehead atoms. The predicted molar refractivity (Wildman–Crippen MR) is 90.6 cm³/mol. The van der Waals surface area contributed by atoms with Crippen LogP contribution < -0.4 is 10.9 Å². The first-order chi connectivity index (χ1) is 10.6. The molecule has 0 rings (SSSR count). The highest BCUT2D eigenvalue weighted by Gasteiger charge is 2.11. The number of carbonyl (C=O) groups is 2. The number of nitrogens with zero attached hydrogens (tertiary/aromatic N) is 2. The van der Waals surface area contributed by atoms with E-state index in [9.17, 15) is 9.59 Å². The van der Waals surface area contributed by atoms with Crippen LogP contribution in [0.4, 0.5) is 0 Å². The van der Waals surface area contributed by atoms with Crippen molar-refractivity contribution in [3.05, 3.63) is 0 Å². The fourth-order valence-electron chi connectivity index (χ4n) is 2.01. The van der Waals surface area contributed by atoms with Crippen molar-refractivity contribution in [2.24, 2.45) is 22.0 Å². The van der Waals surface area contributed by atoms with Gasteiger partial charge in [0.25, 0.3) is 0 Å². The van der Waals surface area contributed by atoms with Crippen molar-refractivity contribution in [1.29, 1.82) is 0 Å². The fraction of sp³-hybridized carbons (Fsp3) is 0.750. The van der Waals surface area contributed by atoms with Gasteiger partial charge in [0, 0.05) is 12.4 Å². The first kappa shape index (κ1) is 20.3. The molecule has 0 fully saturated rings. The first-order valence-electron chi connectivity index (χ1n) is 8.25. The normalized spacial score (nSPS) is 14.2. The number of nitrogens with one attached hydrogen (secondary N) is 2. The molecule has 0 aliphatic heterocycles. The maximum absolute atomic E-state index is 11.5. The van der Waals surface area contributed by atoms with E-state index < -0.39 is 11.8 Å². The van der Waals surface area contributed by atoms with E-state index in [1.807, 2.05) is 0 Å². The Morgan fingerprint density at radius 3 is 1.45 bits per heavy atom. The molecular weight excluding hydrogens is 280 g/mol. The molecule has 2 atom stereocenters. The second-order valence-corrected chi connectivity index (χ2v) is 5.35. The van der Waals surface area contributed by atoms with Crippen molar-refractivity contribution in [1.82, 2.24) is 10.9 Å². The third kappa shape index (κ3) is 9.26. The van der Waals surface area contributed by atoms with Gasteiger partial charge in [0.2, 0.25) is 0 Å². The lowest BCUT2D eigenvalue weighted by molar-refractivity contribution is -0.139. The molecule has 2 amide bonds. The van der Waals surface area contributed by atoms with Crippen LogP contribution in [-0.4, -0.2) is 24.2 Å². The van der Waals surface area contributed by atoms with Crippen LogP contribution in [0.1, 0.15) is 66.2 Å². The van der Waals surface area contributed by atoms with Crippen LogP contribution in [0.15, 0.2) is 10.2 Å². The fourth-order valence-corrected chi connectivity index (χ4v) is 2.01. The van der Waals surface area contributed by atoms with Gasteiger partial charge in [0.15, 0.2) is 0 Å². The summed E-state index contributed by atoms with van der Waals surface area (Å²) in [6.45, 7) is 8.33. The molecule has 0 aromatic rings. The SMILES string of the molecule is CCC[C@@H](/C=N\NC(=O)C(=O)N/N=C/[C@H](CC)CCC)CC. The minimum absolute atomic E-state index is 0.325. The van der Waals surface area contributed by atoms with E-state index in [-0.39, 0.29) is 0 Å². The van der Waals surface area contributed by atoms with Crippen molar-refractivity contribution < 1.29 is 9.59 Å². The van der Waals surface area contributed by atoms with Gasteiger partial charge in [-0.15, -0.1) is 0 Å². The van der Waals surface area contributed by atoms with Crippen LogP contribution in [0.2, 0.25) is 0 Å². The average Bonchev–Trinajstić information content (AvgIpc) is 2.52. The molecule has 0 aromatic carbocycles. The Morgan fingerprint density at radius 2 is 1.18 bits per heavy atom. The first-order valence-corrected chi connectivity index (χ1v) is 8.25. The zero-order valence-corrected chi connectivity index (χ0v) is 14.3. The second kappa shape index (κ2) is 13.0. The average molecular weight is 310 g/mol. The Morgan fingerprint density at radius 1 is 0.818 bits per heavy atom. The van der Waals surface area contributed by atoms with E-state index >= 15 is 0 Å². The molecule has 0 aromatic heterocycles. The minimum atomic E-state index is -0.803. The lowest BCUT2D eigenvalue weighted by Gasteiger charge is -2.07. The Kier molecular flexibility index (Phi) is 12.0. The van der Waals surface area contributed by atoms with Gasteiger partial charge >= 0.3 is 11.8 Å². The molecule has 0 aliphatic carbocycles. The summed E-state index contributed by atoms with van der Waals surface area (Å²) < 4.78 is 0. The summed E-state index contributed by atoms with van der Waals surface area (Å²) in [6, 6.07) is 0. The Bertz CT molecular complexity index is 344. The maximum Gasteiger partial charge on any atom is 0.331 e. The second-order valence-electron chi connectivity index (χ2n) is 5.35. The van der Waals surface area contributed by atoms with Gasteiger partial charge < -0.3 is 0 Å². The molecule has 22 heavy (non-hydrogen) atoms. The van der Waals surface area contributed by atoms with E-state index in [4.69, 9.17) is 0 Å². The smallest absolute Gasteiger partial charge is 0.262 e. The van der Waals surface area contributed by atoms with E-state index in [1.165, 1.54) is 0 Å². The number of rotatable bonds is 10. The Labute approximate surface area is 133 Å². The van der Waals surface area contributed by atoms with E-state index in [2.05, 4.69) is 48.7 Å². The lowest BCUT2D eigenvalue weighted by atomic mass is 10.0. The zero-order valence-electron chi connectivity index (χ0n) is 14.3. The largest absolute Gasteiger partial charge is 0.331 e. The predicted octanol–water partition coefficient (Wildman–Crippen LogP) is 2.84. The van der Waals surface area contributed by atoms with Crippen LogP contribution >= 0.6 is 0 Å². The molecule has 0 spiro atoms. The molecule has 0 saturated heterocycles. The van der Waals surface area contributed by atoms with Crippen LogP contribution in [-0.2, 0) is 9.59 Å². The summed E-state index contributed by atoms with van der Waals surface area (Å²) in [5.74, 6) is -0.956. The molecule has 0 unspecified atom stereocenters. The van der Waals surface area contributed by atoms with Crippen molar-refractivity contribution in [2.75, 3.05) is 0 Å². The summed E-state index contributed by atoms with van der Waals surface area (Å²) >= 11 is 0. The van der Waals surface area contributed by atoms with Crippen molar-refractivity contribution in [3.8, 4) is 0 Å². The van der Waals surface area contributed by atoms with Crippen LogP contribution in [0, 0.1) is 11.8 Å². The van der Waals surface area contributed by atoms with Crippen LogP contribution in [0.25, 0.3) is 0 Å². The van der Waals surface area contributed by atoms with Gasteiger partial charge in [-0.3, -0.25) is 9.59 Å². The van der Waals surface area contributed by atoms with Gasteiger partial charge in [-0.1, -0.05) is 40.5 Å². The molecule has 6 nitrogen and oxygen atoms in total. The van der Waals surface area contributed by atoms with Gasteiger partial charge in [-0.2, -0.15) is 10.2 Å². The lowest BCUT2D eigenvalue weighted by Crippen LogP contribution is -2.35. The van der Waals surface area contributed by atoms with Crippen molar-refractivity contribution in [3.63, 3.8) is 0 Å². The molecule has 0 aliphatic rings. The van der Waals surface area contributed by atoms with E-state index in [1.54, 1.807) is 12.4 Å². The summed E-state index contributed by atoms with van der Waals surface area (Å²) in [7, 11) is 0. The van der Waals surface area contributed by atoms with Crippen LogP contribution in [0.5, 0.6) is 0 Å². The number of amides is 2. The van der Waals surface area contributed by atoms with E-state index in [0.717, 1.165) is 38.5 Å². The Hall–Kier alpha value is -1.72. The van der Waals surface area contributed by atoms with Crippen molar-refractivity contribution >= 4 is 24.2 Å². The monoisotopic (exact) mass is 310 g/mol. The number of hydrazone groups is 2. The van der Waals surface area contributed by atoms with Crippen LogP contribution in [0.3, 0.4) is 0 Å². The molecule has 6 heteroatoms. The highest BCUT2D eigenvalue weighted by molar-refractivity contribution is 6.35. The summed E-state index contributed by atoms with van der Waals surface area (Å²) in [5, 5.41) is 7.67. The number of carbonyl (C=O) groups excluding carboxylic acids is 2. The molecular formula is C16H30N4O2. The topological polar surface area (TPSA) is 82.9 Å². The minimum Gasteiger partial charge on any atom is -0.262 e. The number of hydrogen-bond acceptors (Lipinski definition) is 4. The summed E-state index contributed by atoms with van der Waals surface area (Å²) in [4.78, 5) is 23.1. The molecule has 0 radical (unpaired) electrons. The van der Waals surface area contributed by atoms with Gasteiger partial charge in [-0.25, -0.2) is 10.9 Å². The molecule has 126 valence electrons. The maximum atomic E-state index is 11.5.